The van der Waals surface area contributed by atoms with E-state index >= 15 is 0 Å². The van der Waals surface area contributed by atoms with Crippen LogP contribution in [0.15, 0.2) is 52.9 Å². The highest BCUT2D eigenvalue weighted by atomic mass is 35.5. The first kappa shape index (κ1) is 24.8. The fourth-order valence-electron chi connectivity index (χ4n) is 2.92. The molecule has 3 rings (SSSR count). The van der Waals surface area contributed by atoms with Crippen molar-refractivity contribution in [2.24, 2.45) is 0 Å². The Morgan fingerprint density at radius 1 is 1.19 bits per heavy atom. The zero-order valence-corrected chi connectivity index (χ0v) is 21.1. The van der Waals surface area contributed by atoms with E-state index in [1.54, 1.807) is 13.0 Å². The van der Waals surface area contributed by atoms with Crippen LogP contribution in [0.1, 0.15) is 18.9 Å². The van der Waals surface area contributed by atoms with E-state index in [9.17, 15) is 13.2 Å². The highest BCUT2D eigenvalue weighted by Gasteiger charge is 2.33. The molecule has 0 saturated carbocycles. The number of halogens is 2. The number of benzene rings is 2. The number of hydrogen-bond acceptors (Lipinski definition) is 7. The topological polar surface area (TPSA) is 92.3 Å². The van der Waals surface area contributed by atoms with Gasteiger partial charge >= 0.3 is 0 Å². The summed E-state index contributed by atoms with van der Waals surface area (Å²) in [5, 5.41) is 11.5. The number of nitrogens with one attached hydrogen (secondary N) is 1. The molecule has 0 bridgehead atoms. The first-order chi connectivity index (χ1) is 15.2. The Hall–Kier alpha value is -1.85. The van der Waals surface area contributed by atoms with Gasteiger partial charge in [-0.2, -0.15) is 0 Å². The van der Waals surface area contributed by atoms with Crippen molar-refractivity contribution in [2.45, 2.75) is 29.5 Å². The molecule has 0 saturated heterocycles. The van der Waals surface area contributed by atoms with Gasteiger partial charge in [0.25, 0.3) is 0 Å². The third-order valence-corrected chi connectivity index (χ3v) is 8.08. The van der Waals surface area contributed by atoms with Crippen LogP contribution in [-0.2, 0) is 20.6 Å². The lowest BCUT2D eigenvalue weighted by atomic mass is 10.2. The van der Waals surface area contributed by atoms with Crippen molar-refractivity contribution >= 4 is 73.0 Å². The molecule has 0 aliphatic carbocycles. The van der Waals surface area contributed by atoms with E-state index in [0.717, 1.165) is 21.9 Å². The van der Waals surface area contributed by atoms with Crippen LogP contribution in [0.3, 0.4) is 0 Å². The van der Waals surface area contributed by atoms with Crippen molar-refractivity contribution in [1.29, 1.82) is 0 Å². The number of aromatic nitrogens is 2. The lowest BCUT2D eigenvalue weighted by molar-refractivity contribution is -0.117. The number of anilines is 2. The van der Waals surface area contributed by atoms with Gasteiger partial charge in [-0.1, -0.05) is 83.6 Å². The molecule has 0 spiro atoms. The molecule has 1 aromatic heterocycles. The molecule has 0 aliphatic rings. The van der Waals surface area contributed by atoms with Gasteiger partial charge in [-0.25, -0.2) is 8.42 Å². The van der Waals surface area contributed by atoms with E-state index in [4.69, 9.17) is 23.2 Å². The molecule has 1 atom stereocenters. The fraction of sp³-hybridized carbons (Fsp3) is 0.250. The predicted octanol–water partition coefficient (Wildman–Crippen LogP) is 5.32. The van der Waals surface area contributed by atoms with Crippen molar-refractivity contribution in [3.8, 4) is 0 Å². The zero-order chi connectivity index (χ0) is 23.3. The molecule has 1 heterocycles. The van der Waals surface area contributed by atoms with Crippen LogP contribution < -0.4 is 9.62 Å². The van der Waals surface area contributed by atoms with Gasteiger partial charge in [0.1, 0.15) is 6.04 Å². The van der Waals surface area contributed by atoms with E-state index in [1.807, 2.05) is 30.3 Å². The second-order valence-electron chi connectivity index (χ2n) is 6.72. The summed E-state index contributed by atoms with van der Waals surface area (Å²) < 4.78 is 26.9. The van der Waals surface area contributed by atoms with Gasteiger partial charge in [-0.05, 0) is 30.2 Å². The average Bonchev–Trinajstić information content (AvgIpc) is 3.19. The molecule has 2 aromatic carbocycles. The Labute approximate surface area is 205 Å². The quantitative estimate of drug-likeness (QED) is 0.297. The lowest BCUT2D eigenvalue weighted by Gasteiger charge is -2.30. The summed E-state index contributed by atoms with van der Waals surface area (Å²) >= 11 is 15.0. The van der Waals surface area contributed by atoms with Gasteiger partial charge in [-0.3, -0.25) is 14.4 Å². The summed E-state index contributed by atoms with van der Waals surface area (Å²) in [5.41, 5.74) is 1.28. The number of carbonyl (C=O) groups excluding carboxylic acids is 1. The number of rotatable bonds is 9. The molecule has 1 N–H and O–H groups in total. The van der Waals surface area contributed by atoms with Crippen LogP contribution in [0.25, 0.3) is 0 Å². The highest BCUT2D eigenvalue weighted by Crippen LogP contribution is 2.34. The summed E-state index contributed by atoms with van der Waals surface area (Å²) in [5.74, 6) is 0.181. The van der Waals surface area contributed by atoms with Gasteiger partial charge in [0.2, 0.25) is 21.1 Å². The van der Waals surface area contributed by atoms with E-state index in [2.05, 4.69) is 15.5 Å². The molecule has 0 radical (unpaired) electrons. The Morgan fingerprint density at radius 3 is 2.56 bits per heavy atom. The second-order valence-corrected chi connectivity index (χ2v) is 11.6. The molecule has 0 fully saturated rings. The molecule has 7 nitrogen and oxygen atoms in total. The standard InChI is InChI=1S/C20H20Cl2N4O3S3/c1-3-16(26(32(2,28)29)17-11-14(21)9-10-15(17)22)18(27)23-19-24-25-20(31-19)30-12-13-7-5-4-6-8-13/h4-11,16H,3,12H2,1-2H3,(H,23,24,27). The second kappa shape index (κ2) is 10.8. The molecule has 32 heavy (non-hydrogen) atoms. The lowest BCUT2D eigenvalue weighted by Crippen LogP contribution is -2.47. The van der Waals surface area contributed by atoms with Crippen molar-refractivity contribution in [3.05, 3.63) is 64.1 Å². The third-order valence-electron chi connectivity index (χ3n) is 4.32. The molecule has 170 valence electrons. The molecular weight excluding hydrogens is 511 g/mol. The highest BCUT2D eigenvalue weighted by molar-refractivity contribution is 8.00. The van der Waals surface area contributed by atoms with Crippen molar-refractivity contribution < 1.29 is 13.2 Å². The van der Waals surface area contributed by atoms with Crippen molar-refractivity contribution in [3.63, 3.8) is 0 Å². The Kier molecular flexibility index (Phi) is 8.40. The summed E-state index contributed by atoms with van der Waals surface area (Å²) in [6.45, 7) is 1.71. The maximum absolute atomic E-state index is 13.0. The molecule has 3 aromatic rings. The summed E-state index contributed by atoms with van der Waals surface area (Å²) in [7, 11) is -3.85. The minimum absolute atomic E-state index is 0.139. The van der Waals surface area contributed by atoms with E-state index in [1.165, 1.54) is 35.2 Å². The number of thioether (sulfide) groups is 1. The number of carbonyl (C=O) groups is 1. The van der Waals surface area contributed by atoms with Crippen molar-refractivity contribution in [1.82, 2.24) is 10.2 Å². The summed E-state index contributed by atoms with van der Waals surface area (Å²) in [6, 6.07) is 13.3. The van der Waals surface area contributed by atoms with Gasteiger partial charge in [0.05, 0.1) is 17.0 Å². The molecular formula is C20H20Cl2N4O3S3. The maximum atomic E-state index is 13.0. The number of amides is 1. The van der Waals surface area contributed by atoms with Crippen molar-refractivity contribution in [2.75, 3.05) is 15.9 Å². The van der Waals surface area contributed by atoms with Crippen LogP contribution in [0.5, 0.6) is 0 Å². The number of hydrogen-bond donors (Lipinski definition) is 1. The average molecular weight is 532 g/mol. The normalized spacial score (nSPS) is 12.4. The van der Waals surface area contributed by atoms with Crippen LogP contribution in [0.4, 0.5) is 10.8 Å². The van der Waals surface area contributed by atoms with Gasteiger partial charge in [0, 0.05) is 10.8 Å². The smallest absolute Gasteiger partial charge is 0.250 e. The SMILES string of the molecule is CCC(C(=O)Nc1nnc(SCc2ccccc2)s1)N(c1cc(Cl)ccc1Cl)S(C)(=O)=O. The molecule has 0 aliphatic heterocycles. The minimum Gasteiger partial charge on any atom is -0.299 e. The number of nitrogens with zero attached hydrogens (tertiary/aromatic N) is 3. The first-order valence-corrected chi connectivity index (χ1v) is 13.8. The summed E-state index contributed by atoms with van der Waals surface area (Å²) in [6.07, 6.45) is 1.22. The third kappa shape index (κ3) is 6.35. The van der Waals surface area contributed by atoms with E-state index < -0.39 is 22.0 Å². The van der Waals surface area contributed by atoms with Crippen LogP contribution >= 0.6 is 46.3 Å². The Balaban J connectivity index is 1.77. The predicted molar refractivity (Wildman–Crippen MR) is 132 cm³/mol. The number of sulfonamides is 1. The maximum Gasteiger partial charge on any atom is 0.250 e. The van der Waals surface area contributed by atoms with Crippen LogP contribution in [0.2, 0.25) is 10.0 Å². The van der Waals surface area contributed by atoms with Gasteiger partial charge in [0.15, 0.2) is 4.34 Å². The molecule has 1 amide bonds. The Bertz CT molecular complexity index is 1190. The van der Waals surface area contributed by atoms with E-state index in [0.29, 0.717) is 9.36 Å². The fourth-order valence-corrected chi connectivity index (χ4v) is 6.27. The monoisotopic (exact) mass is 530 g/mol. The van der Waals surface area contributed by atoms with E-state index in [-0.39, 0.29) is 22.3 Å². The molecule has 12 heteroatoms. The first-order valence-electron chi connectivity index (χ1n) is 9.44. The van der Waals surface area contributed by atoms with Crippen LogP contribution in [0, 0.1) is 0 Å². The van der Waals surface area contributed by atoms with Gasteiger partial charge in [-0.15, -0.1) is 10.2 Å². The zero-order valence-electron chi connectivity index (χ0n) is 17.2. The summed E-state index contributed by atoms with van der Waals surface area (Å²) in [4.78, 5) is 13.0. The van der Waals surface area contributed by atoms with Crippen LogP contribution in [-0.4, -0.2) is 36.8 Å². The Morgan fingerprint density at radius 2 is 1.91 bits per heavy atom. The minimum atomic E-state index is -3.85. The largest absolute Gasteiger partial charge is 0.299 e. The molecule has 1 unspecified atom stereocenters. The van der Waals surface area contributed by atoms with Gasteiger partial charge < -0.3 is 0 Å².